The van der Waals surface area contributed by atoms with Crippen LogP contribution in [0.1, 0.15) is 22.3 Å². The van der Waals surface area contributed by atoms with Crippen LogP contribution in [0.5, 0.6) is 0 Å². The number of rotatable bonds is 6. The zero-order valence-corrected chi connectivity index (χ0v) is 12.8. The Bertz CT molecular complexity index is 455. The summed E-state index contributed by atoms with van der Waals surface area (Å²) in [4.78, 5) is 16.8. The van der Waals surface area contributed by atoms with Gasteiger partial charge in [0, 0.05) is 44.8 Å². The summed E-state index contributed by atoms with van der Waals surface area (Å²) < 4.78 is 0. The van der Waals surface area contributed by atoms with Gasteiger partial charge < -0.3 is 16.0 Å². The van der Waals surface area contributed by atoms with Crippen molar-refractivity contribution in [1.82, 2.24) is 15.1 Å². The molecule has 0 aliphatic carbocycles. The molecule has 21 heavy (non-hydrogen) atoms. The molecule has 0 saturated carbocycles. The molecule has 3 N–H and O–H groups in total. The van der Waals surface area contributed by atoms with Crippen molar-refractivity contribution in [3.05, 3.63) is 35.4 Å². The van der Waals surface area contributed by atoms with Crippen molar-refractivity contribution < 1.29 is 4.79 Å². The van der Waals surface area contributed by atoms with Gasteiger partial charge in [0.05, 0.1) is 0 Å². The molecule has 0 aromatic heterocycles. The van der Waals surface area contributed by atoms with E-state index in [1.165, 1.54) is 5.56 Å². The molecular weight excluding hydrogens is 264 g/mol. The first-order valence-electron chi connectivity index (χ1n) is 7.67. The molecule has 5 nitrogen and oxygen atoms in total. The second-order valence-electron chi connectivity index (χ2n) is 5.68. The van der Waals surface area contributed by atoms with E-state index in [2.05, 4.69) is 28.2 Å². The maximum Gasteiger partial charge on any atom is 0.251 e. The lowest BCUT2D eigenvalue weighted by Gasteiger charge is -2.32. The van der Waals surface area contributed by atoms with Gasteiger partial charge in [-0.05, 0) is 37.7 Å². The van der Waals surface area contributed by atoms with Gasteiger partial charge in [0.2, 0.25) is 0 Å². The third kappa shape index (κ3) is 5.12. The molecule has 1 aliphatic rings. The summed E-state index contributed by atoms with van der Waals surface area (Å²) in [6.45, 7) is 6.55. The third-order valence-corrected chi connectivity index (χ3v) is 3.86. The minimum absolute atomic E-state index is 0.0105. The van der Waals surface area contributed by atoms with Gasteiger partial charge in [-0.25, -0.2) is 0 Å². The number of hydrogen-bond donors (Lipinski definition) is 2. The summed E-state index contributed by atoms with van der Waals surface area (Å²) in [5, 5.41) is 2.90. The molecule has 5 heteroatoms. The van der Waals surface area contributed by atoms with Gasteiger partial charge in [-0.1, -0.05) is 12.1 Å². The summed E-state index contributed by atoms with van der Waals surface area (Å²) >= 11 is 0. The molecule has 1 amide bonds. The SMILES string of the molecule is CN1CCN(Cc2cccc(C(=O)NCCCN)c2)CC1. The summed E-state index contributed by atoms with van der Waals surface area (Å²) in [5.41, 5.74) is 7.37. The number of nitrogens with two attached hydrogens (primary N) is 1. The Kier molecular flexibility index (Phi) is 6.17. The van der Waals surface area contributed by atoms with Crippen LogP contribution in [0.25, 0.3) is 0 Å². The highest BCUT2D eigenvalue weighted by atomic mass is 16.1. The summed E-state index contributed by atoms with van der Waals surface area (Å²) in [5.74, 6) is -0.0105. The van der Waals surface area contributed by atoms with Gasteiger partial charge in [-0.2, -0.15) is 0 Å². The minimum atomic E-state index is -0.0105. The molecule has 1 aromatic rings. The second kappa shape index (κ2) is 8.12. The molecule has 1 aromatic carbocycles. The van der Waals surface area contributed by atoms with E-state index in [0.717, 1.165) is 44.7 Å². The number of carbonyl (C=O) groups is 1. The fraction of sp³-hybridized carbons (Fsp3) is 0.562. The van der Waals surface area contributed by atoms with Crippen LogP contribution in [0.15, 0.2) is 24.3 Å². The standard InChI is InChI=1S/C16H26N4O/c1-19-8-10-20(11-9-19)13-14-4-2-5-15(12-14)16(21)18-7-3-6-17/h2,4-5,12H,3,6-11,13,17H2,1H3,(H,18,21). The fourth-order valence-corrected chi connectivity index (χ4v) is 2.48. The van der Waals surface area contributed by atoms with Crippen LogP contribution < -0.4 is 11.1 Å². The first-order chi connectivity index (χ1) is 10.2. The number of amides is 1. The molecular formula is C16H26N4O. The lowest BCUT2D eigenvalue weighted by atomic mass is 10.1. The highest BCUT2D eigenvalue weighted by Gasteiger charge is 2.14. The maximum atomic E-state index is 12.0. The molecule has 1 aliphatic heterocycles. The summed E-state index contributed by atoms with van der Waals surface area (Å²) in [7, 11) is 2.16. The normalized spacial score (nSPS) is 16.9. The van der Waals surface area contributed by atoms with Crippen molar-refractivity contribution in [3.8, 4) is 0 Å². The van der Waals surface area contributed by atoms with Crippen LogP contribution in [-0.2, 0) is 6.54 Å². The number of piperazine rings is 1. The van der Waals surface area contributed by atoms with Gasteiger partial charge in [-0.3, -0.25) is 9.69 Å². The van der Waals surface area contributed by atoms with E-state index in [9.17, 15) is 4.79 Å². The van der Waals surface area contributed by atoms with Gasteiger partial charge in [0.25, 0.3) is 5.91 Å². The second-order valence-corrected chi connectivity index (χ2v) is 5.68. The summed E-state index contributed by atoms with van der Waals surface area (Å²) in [6, 6.07) is 7.92. The lowest BCUT2D eigenvalue weighted by Crippen LogP contribution is -2.43. The Hall–Kier alpha value is -1.43. The number of nitrogens with one attached hydrogen (secondary N) is 1. The third-order valence-electron chi connectivity index (χ3n) is 3.86. The molecule has 0 radical (unpaired) electrons. The Morgan fingerprint density at radius 2 is 2.05 bits per heavy atom. The van der Waals surface area contributed by atoms with E-state index in [4.69, 9.17) is 5.73 Å². The lowest BCUT2D eigenvalue weighted by molar-refractivity contribution is 0.0953. The van der Waals surface area contributed by atoms with Gasteiger partial charge in [-0.15, -0.1) is 0 Å². The highest BCUT2D eigenvalue weighted by Crippen LogP contribution is 2.10. The first-order valence-corrected chi connectivity index (χ1v) is 7.67. The molecule has 116 valence electrons. The highest BCUT2D eigenvalue weighted by molar-refractivity contribution is 5.94. The Labute approximate surface area is 127 Å². The van der Waals surface area contributed by atoms with Crippen molar-refractivity contribution >= 4 is 5.91 Å². The van der Waals surface area contributed by atoms with Crippen LogP contribution in [-0.4, -0.2) is 62.0 Å². The zero-order valence-electron chi connectivity index (χ0n) is 12.8. The predicted molar refractivity (Wildman–Crippen MR) is 85.2 cm³/mol. The maximum absolute atomic E-state index is 12.0. The Morgan fingerprint density at radius 1 is 1.29 bits per heavy atom. The van der Waals surface area contributed by atoms with E-state index in [1.54, 1.807) is 0 Å². The number of nitrogens with zero attached hydrogens (tertiary/aromatic N) is 2. The van der Waals surface area contributed by atoms with Crippen LogP contribution in [0.4, 0.5) is 0 Å². The quantitative estimate of drug-likeness (QED) is 0.750. The largest absolute Gasteiger partial charge is 0.352 e. The van der Waals surface area contributed by atoms with Crippen LogP contribution in [0, 0.1) is 0 Å². The van der Waals surface area contributed by atoms with Gasteiger partial charge in [0.15, 0.2) is 0 Å². The average molecular weight is 290 g/mol. The van der Waals surface area contributed by atoms with Gasteiger partial charge in [0.1, 0.15) is 0 Å². The molecule has 0 unspecified atom stereocenters. The molecule has 0 bridgehead atoms. The predicted octanol–water partition coefficient (Wildman–Crippen LogP) is 0.513. The minimum Gasteiger partial charge on any atom is -0.352 e. The van der Waals surface area contributed by atoms with Crippen LogP contribution >= 0.6 is 0 Å². The van der Waals surface area contributed by atoms with E-state index in [1.807, 2.05) is 18.2 Å². The number of carbonyl (C=O) groups excluding carboxylic acids is 1. The zero-order chi connectivity index (χ0) is 15.1. The van der Waals surface area contributed by atoms with E-state index in [0.29, 0.717) is 13.1 Å². The monoisotopic (exact) mass is 290 g/mol. The number of likely N-dealkylation sites (N-methyl/N-ethyl adjacent to an activating group) is 1. The molecule has 0 atom stereocenters. The topological polar surface area (TPSA) is 61.6 Å². The molecule has 0 spiro atoms. The van der Waals surface area contributed by atoms with E-state index < -0.39 is 0 Å². The molecule has 1 saturated heterocycles. The van der Waals surface area contributed by atoms with Crippen LogP contribution in [0.2, 0.25) is 0 Å². The van der Waals surface area contributed by atoms with Gasteiger partial charge >= 0.3 is 0 Å². The van der Waals surface area contributed by atoms with Crippen LogP contribution in [0.3, 0.4) is 0 Å². The van der Waals surface area contributed by atoms with Crippen molar-refractivity contribution in [2.24, 2.45) is 5.73 Å². The fourth-order valence-electron chi connectivity index (χ4n) is 2.48. The van der Waals surface area contributed by atoms with E-state index >= 15 is 0 Å². The first kappa shape index (κ1) is 15.9. The molecule has 1 fully saturated rings. The molecule has 2 rings (SSSR count). The number of benzene rings is 1. The summed E-state index contributed by atoms with van der Waals surface area (Å²) in [6.07, 6.45) is 0.812. The van der Waals surface area contributed by atoms with Crippen molar-refractivity contribution in [3.63, 3.8) is 0 Å². The average Bonchev–Trinajstić information content (AvgIpc) is 2.50. The Balaban J connectivity index is 1.89. The van der Waals surface area contributed by atoms with Crippen molar-refractivity contribution in [2.75, 3.05) is 46.3 Å². The Morgan fingerprint density at radius 3 is 2.76 bits per heavy atom. The van der Waals surface area contributed by atoms with Crippen molar-refractivity contribution in [2.45, 2.75) is 13.0 Å². The van der Waals surface area contributed by atoms with E-state index in [-0.39, 0.29) is 5.91 Å². The van der Waals surface area contributed by atoms with Crippen molar-refractivity contribution in [1.29, 1.82) is 0 Å². The molecule has 1 heterocycles. The smallest absolute Gasteiger partial charge is 0.251 e. The number of hydrogen-bond acceptors (Lipinski definition) is 4.